The van der Waals surface area contributed by atoms with Crippen LogP contribution in [0.3, 0.4) is 0 Å². The van der Waals surface area contributed by atoms with Gasteiger partial charge in [0.2, 0.25) is 0 Å². The molecule has 0 radical (unpaired) electrons. The molecule has 0 fully saturated rings. The van der Waals surface area contributed by atoms with E-state index in [0.29, 0.717) is 17.1 Å². The monoisotopic (exact) mass is 290 g/mol. The maximum Gasteiger partial charge on any atom is 0.320 e. The van der Waals surface area contributed by atoms with E-state index in [9.17, 15) is 9.59 Å². The zero-order valence-corrected chi connectivity index (χ0v) is 12.4. The molecule has 0 aliphatic heterocycles. The first-order valence-corrected chi connectivity index (χ1v) is 6.53. The second kappa shape index (κ2) is 5.60. The third-order valence-electron chi connectivity index (χ3n) is 3.85. The van der Waals surface area contributed by atoms with E-state index in [-0.39, 0.29) is 18.6 Å². The molecule has 0 saturated heterocycles. The highest BCUT2D eigenvalue weighted by Crippen LogP contribution is 2.44. The van der Waals surface area contributed by atoms with E-state index in [1.54, 1.807) is 18.2 Å². The van der Waals surface area contributed by atoms with Gasteiger partial charge in [0.15, 0.2) is 17.3 Å². The normalized spacial score (nSPS) is 19.9. The van der Waals surface area contributed by atoms with Gasteiger partial charge in [0.25, 0.3) is 0 Å². The van der Waals surface area contributed by atoms with E-state index >= 15 is 0 Å². The van der Waals surface area contributed by atoms with E-state index < -0.39 is 11.4 Å². The SMILES string of the molecule is C=CCC1(C(=O)OC)Cc2cc(OC)c(OC)cc2C1=O. The molecule has 0 bridgehead atoms. The molecule has 2 rings (SSSR count). The lowest BCUT2D eigenvalue weighted by Gasteiger charge is -2.22. The van der Waals surface area contributed by atoms with Crippen LogP contribution in [0.25, 0.3) is 0 Å². The van der Waals surface area contributed by atoms with Crippen LogP contribution >= 0.6 is 0 Å². The Morgan fingerprint density at radius 3 is 2.43 bits per heavy atom. The van der Waals surface area contributed by atoms with Crippen molar-refractivity contribution in [1.82, 2.24) is 0 Å². The Hall–Kier alpha value is -2.30. The maximum absolute atomic E-state index is 12.7. The van der Waals surface area contributed by atoms with Crippen molar-refractivity contribution in [3.63, 3.8) is 0 Å². The molecule has 21 heavy (non-hydrogen) atoms. The molecule has 5 nitrogen and oxygen atoms in total. The number of Topliss-reactive ketones (excluding diaryl/α,β-unsaturated/α-hetero) is 1. The Morgan fingerprint density at radius 2 is 1.90 bits per heavy atom. The lowest BCUT2D eigenvalue weighted by Crippen LogP contribution is -2.37. The predicted molar refractivity (Wildman–Crippen MR) is 76.8 cm³/mol. The molecule has 0 heterocycles. The van der Waals surface area contributed by atoms with Crippen molar-refractivity contribution in [3.05, 3.63) is 35.9 Å². The van der Waals surface area contributed by atoms with Crippen LogP contribution in [-0.2, 0) is 16.0 Å². The van der Waals surface area contributed by atoms with E-state index in [0.717, 1.165) is 5.56 Å². The van der Waals surface area contributed by atoms with Gasteiger partial charge in [0, 0.05) is 5.56 Å². The first kappa shape index (κ1) is 15.1. The number of ketones is 1. The highest BCUT2D eigenvalue weighted by molar-refractivity contribution is 6.16. The van der Waals surface area contributed by atoms with E-state index in [2.05, 4.69) is 6.58 Å². The number of fused-ring (bicyclic) bond motifs is 1. The molecule has 1 unspecified atom stereocenters. The number of rotatable bonds is 5. The molecular formula is C16H18O5. The van der Waals surface area contributed by atoms with Gasteiger partial charge in [-0.25, -0.2) is 0 Å². The van der Waals surface area contributed by atoms with Gasteiger partial charge in [-0.1, -0.05) is 6.08 Å². The number of esters is 1. The Bertz CT molecular complexity index is 605. The number of ether oxygens (including phenoxy) is 3. The van der Waals surface area contributed by atoms with Crippen molar-refractivity contribution in [3.8, 4) is 11.5 Å². The van der Waals surface area contributed by atoms with Crippen molar-refractivity contribution >= 4 is 11.8 Å². The molecule has 0 spiro atoms. The van der Waals surface area contributed by atoms with Gasteiger partial charge in [-0.3, -0.25) is 9.59 Å². The van der Waals surface area contributed by atoms with Crippen molar-refractivity contribution < 1.29 is 23.8 Å². The van der Waals surface area contributed by atoms with Gasteiger partial charge < -0.3 is 14.2 Å². The largest absolute Gasteiger partial charge is 0.493 e. The van der Waals surface area contributed by atoms with Crippen LogP contribution in [-0.4, -0.2) is 33.1 Å². The minimum atomic E-state index is -1.23. The second-order valence-electron chi connectivity index (χ2n) is 4.94. The summed E-state index contributed by atoms with van der Waals surface area (Å²) in [5.41, 5.74) is 0.000684. The summed E-state index contributed by atoms with van der Waals surface area (Å²) >= 11 is 0. The number of benzene rings is 1. The fraction of sp³-hybridized carbons (Fsp3) is 0.375. The Morgan fingerprint density at radius 1 is 1.29 bits per heavy atom. The zero-order chi connectivity index (χ0) is 15.6. The molecule has 0 aromatic heterocycles. The second-order valence-corrected chi connectivity index (χ2v) is 4.94. The van der Waals surface area contributed by atoms with Crippen LogP contribution in [0.1, 0.15) is 22.3 Å². The van der Waals surface area contributed by atoms with Gasteiger partial charge in [0.1, 0.15) is 5.41 Å². The lowest BCUT2D eigenvalue weighted by molar-refractivity contribution is -0.149. The van der Waals surface area contributed by atoms with Crippen LogP contribution in [0.5, 0.6) is 11.5 Å². The van der Waals surface area contributed by atoms with Gasteiger partial charge >= 0.3 is 5.97 Å². The third kappa shape index (κ3) is 2.18. The summed E-state index contributed by atoms with van der Waals surface area (Å²) in [4.78, 5) is 24.9. The van der Waals surface area contributed by atoms with E-state index in [1.807, 2.05) is 0 Å². The summed E-state index contributed by atoms with van der Waals surface area (Å²) in [5.74, 6) is 0.193. The number of hydrogen-bond donors (Lipinski definition) is 0. The number of allylic oxidation sites excluding steroid dienone is 1. The average molecular weight is 290 g/mol. The third-order valence-corrected chi connectivity index (χ3v) is 3.85. The standard InChI is InChI=1S/C16H18O5/c1-5-6-16(15(18)21-4)9-10-7-12(19-2)13(20-3)8-11(10)14(16)17/h5,7-8H,1,6,9H2,2-4H3. The molecule has 5 heteroatoms. The lowest BCUT2D eigenvalue weighted by atomic mass is 9.80. The van der Waals surface area contributed by atoms with Crippen LogP contribution in [0, 0.1) is 5.41 Å². The fourth-order valence-corrected chi connectivity index (χ4v) is 2.80. The molecule has 1 aromatic rings. The van der Waals surface area contributed by atoms with E-state index in [1.165, 1.54) is 21.3 Å². The van der Waals surface area contributed by atoms with Gasteiger partial charge in [-0.15, -0.1) is 6.58 Å². The van der Waals surface area contributed by atoms with Crippen LogP contribution < -0.4 is 9.47 Å². The summed E-state index contributed by atoms with van der Waals surface area (Å²) < 4.78 is 15.3. The summed E-state index contributed by atoms with van der Waals surface area (Å²) in [6.07, 6.45) is 2.08. The van der Waals surface area contributed by atoms with Crippen LogP contribution in [0.15, 0.2) is 24.8 Å². The Labute approximate surface area is 123 Å². The molecule has 0 amide bonds. The Kier molecular flexibility index (Phi) is 4.02. The van der Waals surface area contributed by atoms with Crippen LogP contribution in [0.2, 0.25) is 0 Å². The van der Waals surface area contributed by atoms with Crippen LogP contribution in [0.4, 0.5) is 0 Å². The minimum Gasteiger partial charge on any atom is -0.493 e. The topological polar surface area (TPSA) is 61.8 Å². The van der Waals surface area contributed by atoms with Crippen molar-refractivity contribution in [1.29, 1.82) is 0 Å². The number of methoxy groups -OCH3 is 3. The zero-order valence-electron chi connectivity index (χ0n) is 12.4. The minimum absolute atomic E-state index is 0.234. The summed E-state index contributed by atoms with van der Waals surface area (Å²) in [7, 11) is 4.31. The maximum atomic E-state index is 12.7. The molecule has 1 aliphatic carbocycles. The van der Waals surface area contributed by atoms with Crippen molar-refractivity contribution in [2.45, 2.75) is 12.8 Å². The number of carbonyl (C=O) groups is 2. The molecular weight excluding hydrogens is 272 g/mol. The molecule has 1 aliphatic rings. The summed E-state index contributed by atoms with van der Waals surface area (Å²) in [5, 5.41) is 0. The van der Waals surface area contributed by atoms with Crippen molar-refractivity contribution in [2.75, 3.05) is 21.3 Å². The fourth-order valence-electron chi connectivity index (χ4n) is 2.80. The molecule has 0 saturated carbocycles. The summed E-state index contributed by atoms with van der Waals surface area (Å²) in [6.45, 7) is 3.64. The Balaban J connectivity index is 2.56. The van der Waals surface area contributed by atoms with E-state index in [4.69, 9.17) is 14.2 Å². The first-order valence-electron chi connectivity index (χ1n) is 6.53. The van der Waals surface area contributed by atoms with Gasteiger partial charge in [-0.05, 0) is 30.5 Å². The molecule has 1 atom stereocenters. The number of hydrogen-bond acceptors (Lipinski definition) is 5. The summed E-state index contributed by atoms with van der Waals surface area (Å²) in [6, 6.07) is 3.35. The average Bonchev–Trinajstić information content (AvgIpc) is 2.78. The first-order chi connectivity index (χ1) is 10.0. The van der Waals surface area contributed by atoms with Gasteiger partial charge in [0.05, 0.1) is 21.3 Å². The molecule has 0 N–H and O–H groups in total. The quantitative estimate of drug-likeness (QED) is 0.472. The smallest absolute Gasteiger partial charge is 0.320 e. The molecule has 1 aromatic carbocycles. The highest BCUT2D eigenvalue weighted by atomic mass is 16.5. The molecule has 112 valence electrons. The predicted octanol–water partition coefficient (Wildman–Crippen LogP) is 2.18. The highest BCUT2D eigenvalue weighted by Gasteiger charge is 2.52. The number of carbonyl (C=O) groups excluding carboxylic acids is 2. The van der Waals surface area contributed by atoms with Gasteiger partial charge in [-0.2, -0.15) is 0 Å². The van der Waals surface area contributed by atoms with Crippen molar-refractivity contribution in [2.24, 2.45) is 5.41 Å².